The van der Waals surface area contributed by atoms with Crippen LogP contribution in [-0.2, 0) is 5.75 Å². The minimum absolute atomic E-state index is 0.0479. The summed E-state index contributed by atoms with van der Waals surface area (Å²) in [4.78, 5) is 0. The zero-order valence-electron chi connectivity index (χ0n) is 11.6. The van der Waals surface area contributed by atoms with Gasteiger partial charge in [-0.15, -0.1) is 5.10 Å². The molecule has 21 heavy (non-hydrogen) atoms. The summed E-state index contributed by atoms with van der Waals surface area (Å²) in [5.41, 5.74) is 7.20. The van der Waals surface area contributed by atoms with E-state index in [2.05, 4.69) is 15.5 Å². The zero-order valence-corrected chi connectivity index (χ0v) is 12.4. The highest BCUT2D eigenvalue weighted by Gasteiger charge is 2.27. The fourth-order valence-corrected chi connectivity index (χ4v) is 2.95. The topological polar surface area (TPSA) is 103 Å². The number of thioether (sulfide) groups is 1. The average Bonchev–Trinajstić information content (AvgIpc) is 3.23. The number of nitrogen functional groups attached to an aromatic ring is 1. The van der Waals surface area contributed by atoms with Crippen LogP contribution in [0.3, 0.4) is 0 Å². The van der Waals surface area contributed by atoms with Gasteiger partial charge in [0, 0.05) is 16.9 Å². The molecule has 8 heteroatoms. The molecule has 0 bridgehead atoms. The van der Waals surface area contributed by atoms with Crippen LogP contribution in [0.15, 0.2) is 23.4 Å². The smallest absolute Gasteiger partial charge is 0.209 e. The third kappa shape index (κ3) is 2.99. The number of ether oxygens (including phenoxy) is 1. The van der Waals surface area contributed by atoms with E-state index >= 15 is 0 Å². The van der Waals surface area contributed by atoms with E-state index in [0.29, 0.717) is 17.4 Å². The van der Waals surface area contributed by atoms with E-state index in [1.807, 2.05) is 16.8 Å². The number of methoxy groups -OCH3 is 1. The number of nitrogens with zero attached hydrogens (tertiary/aromatic N) is 4. The summed E-state index contributed by atoms with van der Waals surface area (Å²) in [6.07, 6.45) is 2.28. The van der Waals surface area contributed by atoms with Gasteiger partial charge in [-0.2, -0.15) is 0 Å². The molecule has 3 N–H and O–H groups in total. The van der Waals surface area contributed by atoms with Gasteiger partial charge >= 0.3 is 0 Å². The molecule has 0 amide bonds. The minimum atomic E-state index is 0.0479. The molecule has 1 heterocycles. The lowest BCUT2D eigenvalue weighted by molar-refractivity contribution is 0.411. The maximum atomic E-state index is 7.52. The molecule has 1 aliphatic carbocycles. The Labute approximate surface area is 126 Å². The van der Waals surface area contributed by atoms with Gasteiger partial charge in [-0.05, 0) is 41.5 Å². The lowest BCUT2D eigenvalue weighted by Crippen LogP contribution is -2.11. The van der Waals surface area contributed by atoms with Crippen LogP contribution in [0.25, 0.3) is 0 Å². The normalized spacial score (nSPS) is 14.1. The van der Waals surface area contributed by atoms with Crippen LogP contribution >= 0.6 is 11.8 Å². The first kappa shape index (κ1) is 13.9. The number of tetrazole rings is 1. The van der Waals surface area contributed by atoms with Gasteiger partial charge in [0.05, 0.1) is 13.2 Å². The van der Waals surface area contributed by atoms with Crippen LogP contribution in [-0.4, -0.2) is 33.2 Å². The van der Waals surface area contributed by atoms with Crippen molar-refractivity contribution in [1.82, 2.24) is 20.2 Å². The first-order valence-corrected chi connectivity index (χ1v) is 7.59. The van der Waals surface area contributed by atoms with Crippen LogP contribution < -0.4 is 10.5 Å². The molecule has 1 aromatic carbocycles. The highest BCUT2D eigenvalue weighted by molar-refractivity contribution is 7.98. The Hall–Kier alpha value is -2.09. The molecule has 2 aromatic rings. The van der Waals surface area contributed by atoms with E-state index in [9.17, 15) is 0 Å². The number of hydrogen-bond donors (Lipinski definition) is 2. The molecular formula is C13H16N6OS. The molecule has 0 atom stereocenters. The van der Waals surface area contributed by atoms with Gasteiger partial charge in [0.2, 0.25) is 5.16 Å². The average molecular weight is 304 g/mol. The molecule has 1 aromatic heterocycles. The summed E-state index contributed by atoms with van der Waals surface area (Å²) in [6.45, 7) is 0. The maximum absolute atomic E-state index is 7.52. The highest BCUT2D eigenvalue weighted by atomic mass is 32.2. The molecule has 110 valence electrons. The molecule has 1 fully saturated rings. The molecule has 1 aliphatic rings. The Morgan fingerprint density at radius 3 is 3.00 bits per heavy atom. The van der Waals surface area contributed by atoms with Gasteiger partial charge < -0.3 is 10.5 Å². The first-order valence-electron chi connectivity index (χ1n) is 6.61. The van der Waals surface area contributed by atoms with Crippen molar-refractivity contribution in [2.45, 2.75) is 29.8 Å². The number of benzene rings is 1. The van der Waals surface area contributed by atoms with E-state index in [1.54, 1.807) is 24.9 Å². The SMILES string of the molecule is COc1ccc(C(=N)N)cc1CSc1nnnn1C1CC1. The second-order valence-electron chi connectivity index (χ2n) is 4.87. The zero-order chi connectivity index (χ0) is 14.8. The van der Waals surface area contributed by atoms with E-state index in [4.69, 9.17) is 15.9 Å². The molecule has 0 aliphatic heterocycles. The number of amidine groups is 1. The number of nitrogens with two attached hydrogens (primary N) is 1. The third-order valence-electron chi connectivity index (χ3n) is 3.30. The van der Waals surface area contributed by atoms with Gasteiger partial charge in [0.1, 0.15) is 11.6 Å². The number of hydrogen-bond acceptors (Lipinski definition) is 6. The number of aromatic nitrogens is 4. The van der Waals surface area contributed by atoms with Gasteiger partial charge in [-0.3, -0.25) is 5.41 Å². The summed E-state index contributed by atoms with van der Waals surface area (Å²) in [5, 5.41) is 20.2. The van der Waals surface area contributed by atoms with E-state index in [1.165, 1.54) is 0 Å². The van der Waals surface area contributed by atoms with Crippen molar-refractivity contribution in [2.75, 3.05) is 7.11 Å². The summed E-state index contributed by atoms with van der Waals surface area (Å²) in [7, 11) is 1.63. The number of nitrogens with one attached hydrogen (secondary N) is 1. The molecular weight excluding hydrogens is 288 g/mol. The standard InChI is InChI=1S/C13H16N6OS/c1-20-11-5-2-8(12(14)15)6-9(11)7-21-13-16-17-18-19(13)10-3-4-10/h2,5-6,10H,3-4,7H2,1H3,(H3,14,15). The van der Waals surface area contributed by atoms with Crippen LogP contribution in [0.1, 0.15) is 30.0 Å². The van der Waals surface area contributed by atoms with Crippen molar-refractivity contribution in [3.05, 3.63) is 29.3 Å². The molecule has 3 rings (SSSR count). The maximum Gasteiger partial charge on any atom is 0.209 e. The van der Waals surface area contributed by atoms with E-state index in [0.717, 1.165) is 29.3 Å². The molecule has 0 unspecified atom stereocenters. The van der Waals surface area contributed by atoms with Crippen LogP contribution in [0.4, 0.5) is 0 Å². The summed E-state index contributed by atoms with van der Waals surface area (Å²) >= 11 is 1.56. The molecule has 1 saturated carbocycles. The highest BCUT2D eigenvalue weighted by Crippen LogP contribution is 2.37. The van der Waals surface area contributed by atoms with E-state index < -0.39 is 0 Å². The van der Waals surface area contributed by atoms with Crippen molar-refractivity contribution in [3.63, 3.8) is 0 Å². The fraction of sp³-hybridized carbons (Fsp3) is 0.385. The van der Waals surface area contributed by atoms with E-state index in [-0.39, 0.29) is 5.84 Å². The monoisotopic (exact) mass is 304 g/mol. The Balaban J connectivity index is 1.78. The first-order chi connectivity index (χ1) is 10.2. The quantitative estimate of drug-likeness (QED) is 0.477. The van der Waals surface area contributed by atoms with Crippen LogP contribution in [0.2, 0.25) is 0 Å². The summed E-state index contributed by atoms with van der Waals surface area (Å²) < 4.78 is 7.24. The molecule has 0 radical (unpaired) electrons. The van der Waals surface area contributed by atoms with Crippen molar-refractivity contribution in [3.8, 4) is 5.75 Å². The van der Waals surface area contributed by atoms with Crippen molar-refractivity contribution in [1.29, 1.82) is 5.41 Å². The fourth-order valence-electron chi connectivity index (χ4n) is 2.03. The largest absolute Gasteiger partial charge is 0.496 e. The summed E-state index contributed by atoms with van der Waals surface area (Å²) in [5.74, 6) is 1.49. The summed E-state index contributed by atoms with van der Waals surface area (Å²) in [6, 6.07) is 5.94. The Kier molecular flexibility index (Phi) is 3.78. The van der Waals surface area contributed by atoms with Gasteiger partial charge in [-0.1, -0.05) is 11.8 Å². The minimum Gasteiger partial charge on any atom is -0.496 e. The Morgan fingerprint density at radius 1 is 1.52 bits per heavy atom. The predicted molar refractivity (Wildman–Crippen MR) is 79.7 cm³/mol. The second kappa shape index (κ2) is 5.72. The lowest BCUT2D eigenvalue weighted by Gasteiger charge is -2.10. The molecule has 0 saturated heterocycles. The lowest BCUT2D eigenvalue weighted by atomic mass is 10.1. The van der Waals surface area contributed by atoms with Crippen molar-refractivity contribution < 1.29 is 4.74 Å². The third-order valence-corrected chi connectivity index (χ3v) is 4.29. The molecule has 0 spiro atoms. The Morgan fingerprint density at radius 2 is 2.33 bits per heavy atom. The van der Waals surface area contributed by atoms with Gasteiger partial charge in [0.15, 0.2) is 0 Å². The van der Waals surface area contributed by atoms with Crippen LogP contribution in [0.5, 0.6) is 5.75 Å². The van der Waals surface area contributed by atoms with Crippen molar-refractivity contribution in [2.24, 2.45) is 5.73 Å². The Bertz CT molecular complexity index is 666. The predicted octanol–water partition coefficient (Wildman–Crippen LogP) is 1.59. The van der Waals surface area contributed by atoms with Crippen molar-refractivity contribution >= 4 is 17.6 Å². The number of rotatable bonds is 6. The van der Waals surface area contributed by atoms with Gasteiger partial charge in [0.25, 0.3) is 0 Å². The second-order valence-corrected chi connectivity index (χ2v) is 5.81. The van der Waals surface area contributed by atoms with Crippen LogP contribution in [0, 0.1) is 5.41 Å². The molecule has 7 nitrogen and oxygen atoms in total. The van der Waals surface area contributed by atoms with Gasteiger partial charge in [-0.25, -0.2) is 4.68 Å².